The fourth-order valence-corrected chi connectivity index (χ4v) is 3.33. The summed E-state index contributed by atoms with van der Waals surface area (Å²) in [4.78, 5) is 12.4. The number of rotatable bonds is 4. The largest absolute Gasteiger partial charge is 0.406 e. The quantitative estimate of drug-likeness (QED) is 0.719. The molecule has 1 atom stereocenters. The molecule has 0 fully saturated rings. The fourth-order valence-electron chi connectivity index (χ4n) is 3.33. The van der Waals surface area contributed by atoms with Crippen molar-refractivity contribution in [2.45, 2.75) is 18.1 Å². The first-order valence-corrected chi connectivity index (χ1v) is 8.01. The molecule has 1 aliphatic heterocycles. The third-order valence-corrected chi connectivity index (χ3v) is 4.53. The second kappa shape index (κ2) is 6.99. The van der Waals surface area contributed by atoms with Gasteiger partial charge in [0.05, 0.1) is 5.69 Å². The Balaban J connectivity index is 2.23. The Morgan fingerprint density at radius 3 is 2.21 bits per heavy atom. The van der Waals surface area contributed by atoms with E-state index in [-0.39, 0.29) is 16.2 Å². The van der Waals surface area contributed by atoms with Crippen molar-refractivity contribution < 1.29 is 35.5 Å². The van der Waals surface area contributed by atoms with Crippen LogP contribution in [0.3, 0.4) is 0 Å². The summed E-state index contributed by atoms with van der Waals surface area (Å²) in [6, 6.07) is 4.63. The highest BCUT2D eigenvalue weighted by molar-refractivity contribution is 5.94. The van der Waals surface area contributed by atoms with Crippen LogP contribution < -0.4 is 5.32 Å². The van der Waals surface area contributed by atoms with Crippen LogP contribution in [-0.2, 0) is 12.0 Å². The molecule has 1 unspecified atom stereocenters. The average Bonchev–Trinajstić information content (AvgIpc) is 2.62. The first-order valence-electron chi connectivity index (χ1n) is 8.01. The normalized spacial score (nSPS) is 19.4. The van der Waals surface area contributed by atoms with E-state index in [1.54, 1.807) is 0 Å². The molecule has 2 aromatic carbocycles. The van der Waals surface area contributed by atoms with E-state index in [9.17, 15) is 35.5 Å². The number of nitrogens with zero attached hydrogens (tertiary/aromatic N) is 1. The van der Waals surface area contributed by atoms with Crippen LogP contribution in [0.2, 0.25) is 0 Å². The maximum Gasteiger partial charge on any atom is 0.406 e. The Morgan fingerprint density at radius 1 is 1.00 bits per heavy atom. The van der Waals surface area contributed by atoms with Crippen LogP contribution >= 0.6 is 0 Å². The number of halogens is 7. The van der Waals surface area contributed by atoms with Gasteiger partial charge < -0.3 is 10.2 Å². The van der Waals surface area contributed by atoms with Gasteiger partial charge in [-0.05, 0) is 29.8 Å². The van der Waals surface area contributed by atoms with Crippen molar-refractivity contribution in [3.63, 3.8) is 0 Å². The van der Waals surface area contributed by atoms with Crippen molar-refractivity contribution in [2.75, 3.05) is 18.5 Å². The van der Waals surface area contributed by atoms with Crippen LogP contribution in [0, 0.1) is 17.5 Å². The van der Waals surface area contributed by atoms with Crippen molar-refractivity contribution in [3.8, 4) is 0 Å². The van der Waals surface area contributed by atoms with Crippen molar-refractivity contribution in [1.29, 1.82) is 0 Å². The number of carbonyl (C=O) groups is 1. The standard InChI is InChI=1S/C18H13F7N2O/c19-8-17(7-10-1-3-11(20)4-2-10)14-13(6-5-12(21)15(14)22)26-16(28)27(17)9-18(23,24)25/h1-6H,7-9H2,(H,26,28). The lowest BCUT2D eigenvalue weighted by atomic mass is 9.80. The number of urea groups is 1. The number of carbonyl (C=O) groups excluding carboxylic acids is 1. The number of fused-ring (bicyclic) bond motifs is 1. The molecule has 10 heteroatoms. The number of amides is 2. The van der Waals surface area contributed by atoms with Gasteiger partial charge in [0.2, 0.25) is 0 Å². The lowest BCUT2D eigenvalue weighted by Crippen LogP contribution is -2.60. The third-order valence-electron chi connectivity index (χ3n) is 4.53. The minimum absolute atomic E-state index is 0.0984. The van der Waals surface area contributed by atoms with Crippen LogP contribution in [0.4, 0.5) is 41.2 Å². The Bertz CT molecular complexity index is 898. The van der Waals surface area contributed by atoms with Gasteiger partial charge in [0.1, 0.15) is 24.6 Å². The molecule has 0 spiro atoms. The van der Waals surface area contributed by atoms with Crippen LogP contribution in [0.25, 0.3) is 0 Å². The van der Waals surface area contributed by atoms with E-state index in [2.05, 4.69) is 0 Å². The van der Waals surface area contributed by atoms with E-state index in [0.717, 1.165) is 18.2 Å². The molecule has 28 heavy (non-hydrogen) atoms. The second-order valence-corrected chi connectivity index (χ2v) is 6.38. The van der Waals surface area contributed by atoms with E-state index in [1.165, 1.54) is 12.1 Å². The summed E-state index contributed by atoms with van der Waals surface area (Å²) >= 11 is 0. The lowest BCUT2D eigenvalue weighted by Gasteiger charge is -2.46. The molecule has 2 amide bonds. The van der Waals surface area contributed by atoms with Crippen LogP contribution in [-0.4, -0.2) is 30.3 Å². The summed E-state index contributed by atoms with van der Waals surface area (Å²) in [6.45, 7) is -3.51. The smallest absolute Gasteiger partial charge is 0.307 e. The van der Waals surface area contributed by atoms with Crippen molar-refractivity contribution in [3.05, 3.63) is 65.0 Å². The van der Waals surface area contributed by atoms with Gasteiger partial charge in [-0.2, -0.15) is 13.2 Å². The Kier molecular flexibility index (Phi) is 4.99. The number of nitrogens with one attached hydrogen (secondary N) is 1. The first kappa shape index (κ1) is 20.0. The molecule has 2 aromatic rings. The number of alkyl halides is 4. The number of anilines is 1. The lowest BCUT2D eigenvalue weighted by molar-refractivity contribution is -0.152. The van der Waals surface area contributed by atoms with Gasteiger partial charge in [-0.15, -0.1) is 0 Å². The SMILES string of the molecule is O=C1Nc2ccc(F)c(F)c2C(CF)(Cc2ccc(F)cc2)N1CC(F)(F)F. The van der Waals surface area contributed by atoms with Crippen LogP contribution in [0.1, 0.15) is 11.1 Å². The topological polar surface area (TPSA) is 32.3 Å². The summed E-state index contributed by atoms with van der Waals surface area (Å²) in [5, 5.41) is 2.04. The van der Waals surface area contributed by atoms with Crippen molar-refractivity contribution >= 4 is 11.7 Å². The zero-order valence-corrected chi connectivity index (χ0v) is 14.1. The van der Waals surface area contributed by atoms with Gasteiger partial charge in [0.25, 0.3) is 0 Å². The fraction of sp³-hybridized carbons (Fsp3) is 0.278. The monoisotopic (exact) mass is 406 g/mol. The highest BCUT2D eigenvalue weighted by Gasteiger charge is 2.52. The van der Waals surface area contributed by atoms with Crippen molar-refractivity contribution in [2.24, 2.45) is 0 Å². The average molecular weight is 406 g/mol. The zero-order valence-electron chi connectivity index (χ0n) is 14.1. The molecule has 0 aliphatic carbocycles. The van der Waals surface area contributed by atoms with E-state index in [4.69, 9.17) is 0 Å². The second-order valence-electron chi connectivity index (χ2n) is 6.38. The van der Waals surface area contributed by atoms with Gasteiger partial charge in [0.15, 0.2) is 11.6 Å². The molecule has 150 valence electrons. The molecule has 1 N–H and O–H groups in total. The van der Waals surface area contributed by atoms with E-state index < -0.39 is 60.4 Å². The molecule has 0 aromatic heterocycles. The third kappa shape index (κ3) is 3.50. The van der Waals surface area contributed by atoms with Gasteiger partial charge in [0, 0.05) is 12.0 Å². The predicted molar refractivity (Wildman–Crippen MR) is 85.9 cm³/mol. The molecule has 3 nitrogen and oxygen atoms in total. The van der Waals surface area contributed by atoms with Gasteiger partial charge in [-0.1, -0.05) is 12.1 Å². The van der Waals surface area contributed by atoms with Crippen molar-refractivity contribution in [1.82, 2.24) is 4.90 Å². The van der Waals surface area contributed by atoms with Gasteiger partial charge in [-0.3, -0.25) is 0 Å². The molecule has 0 bridgehead atoms. The molecule has 0 radical (unpaired) electrons. The van der Waals surface area contributed by atoms with Crippen LogP contribution in [0.15, 0.2) is 36.4 Å². The van der Waals surface area contributed by atoms with Gasteiger partial charge >= 0.3 is 12.2 Å². The Labute approximate surface area is 154 Å². The number of benzene rings is 2. The maximum atomic E-state index is 14.6. The molecule has 0 saturated heterocycles. The van der Waals surface area contributed by atoms with Crippen LogP contribution in [0.5, 0.6) is 0 Å². The highest BCUT2D eigenvalue weighted by atomic mass is 19.4. The Morgan fingerprint density at radius 2 is 1.64 bits per heavy atom. The summed E-state index contributed by atoms with van der Waals surface area (Å²) in [6.07, 6.45) is -5.55. The number of hydrogen-bond donors (Lipinski definition) is 1. The molecule has 1 heterocycles. The van der Waals surface area contributed by atoms with Gasteiger partial charge in [-0.25, -0.2) is 22.4 Å². The minimum Gasteiger partial charge on any atom is -0.307 e. The summed E-state index contributed by atoms with van der Waals surface area (Å²) in [7, 11) is 0. The molecule has 0 saturated carbocycles. The molecule has 3 rings (SSSR count). The highest BCUT2D eigenvalue weighted by Crippen LogP contribution is 2.44. The molecule has 1 aliphatic rings. The zero-order chi connectivity index (χ0) is 20.7. The van der Waals surface area contributed by atoms with E-state index >= 15 is 0 Å². The first-order chi connectivity index (χ1) is 13.1. The maximum absolute atomic E-state index is 14.6. The molecular weight excluding hydrogens is 393 g/mol. The summed E-state index contributed by atoms with van der Waals surface area (Å²) in [5.74, 6) is -3.62. The van der Waals surface area contributed by atoms with E-state index in [0.29, 0.717) is 6.07 Å². The number of hydrogen-bond acceptors (Lipinski definition) is 1. The summed E-state index contributed by atoms with van der Waals surface area (Å²) in [5.41, 5.74) is -3.40. The predicted octanol–water partition coefficient (Wildman–Crippen LogP) is 4.92. The van der Waals surface area contributed by atoms with E-state index in [1.807, 2.05) is 5.32 Å². The summed E-state index contributed by atoms with van der Waals surface area (Å²) < 4.78 is 95.2. The minimum atomic E-state index is -4.93. The molecular formula is C18H13F7N2O. The Hall–Kier alpha value is -2.78.